The van der Waals surface area contributed by atoms with Crippen LogP contribution >= 0.6 is 0 Å². The quantitative estimate of drug-likeness (QED) is 0.896. The largest absolute Gasteiger partial charge is 0.317 e. The topological polar surface area (TPSA) is 84.7 Å². The number of aromatic nitrogens is 4. The van der Waals surface area contributed by atoms with Gasteiger partial charge in [-0.3, -0.25) is 4.79 Å². The summed E-state index contributed by atoms with van der Waals surface area (Å²) >= 11 is 0. The van der Waals surface area contributed by atoms with E-state index in [9.17, 15) is 4.79 Å². The molecule has 22 heavy (non-hydrogen) atoms. The van der Waals surface area contributed by atoms with Gasteiger partial charge >= 0.3 is 0 Å². The Morgan fingerprint density at radius 1 is 1.36 bits per heavy atom. The van der Waals surface area contributed by atoms with Crippen molar-refractivity contribution in [3.63, 3.8) is 0 Å². The number of hydrogen-bond acceptors (Lipinski definition) is 5. The molecule has 7 heteroatoms. The lowest BCUT2D eigenvalue weighted by Gasteiger charge is -2.23. The van der Waals surface area contributed by atoms with Crippen LogP contribution in [0.15, 0.2) is 18.3 Å². The lowest BCUT2D eigenvalue weighted by Crippen LogP contribution is -2.30. The number of anilines is 1. The van der Waals surface area contributed by atoms with E-state index in [2.05, 4.69) is 25.9 Å². The highest BCUT2D eigenvalue weighted by atomic mass is 16.2. The Morgan fingerprint density at radius 3 is 2.86 bits per heavy atom. The fourth-order valence-corrected chi connectivity index (χ4v) is 2.73. The number of carbonyl (C=O) groups excluding carboxylic acids is 1. The maximum absolute atomic E-state index is 12.4. The molecule has 1 aliphatic rings. The van der Waals surface area contributed by atoms with E-state index in [-0.39, 0.29) is 5.91 Å². The first kappa shape index (κ1) is 14.6. The number of amides is 1. The van der Waals surface area contributed by atoms with Crippen LogP contribution in [0.1, 0.15) is 40.6 Å². The predicted molar refractivity (Wildman–Crippen MR) is 82.8 cm³/mol. The predicted octanol–water partition coefficient (Wildman–Crippen LogP) is 1.47. The molecule has 1 amide bonds. The Balaban J connectivity index is 1.77. The smallest absolute Gasteiger partial charge is 0.279 e. The van der Waals surface area contributed by atoms with Gasteiger partial charge in [0.05, 0.1) is 11.7 Å². The first-order valence-electron chi connectivity index (χ1n) is 7.51. The number of carbonyl (C=O) groups is 1. The summed E-state index contributed by atoms with van der Waals surface area (Å²) in [5.41, 5.74) is 2.21. The first-order valence-corrected chi connectivity index (χ1v) is 7.51. The number of aryl methyl sites for hydroxylation is 1. The van der Waals surface area contributed by atoms with Gasteiger partial charge in [-0.1, -0.05) is 5.21 Å². The van der Waals surface area contributed by atoms with Gasteiger partial charge in [0.1, 0.15) is 5.82 Å². The first-order chi connectivity index (χ1) is 10.6. The van der Waals surface area contributed by atoms with E-state index in [0.717, 1.165) is 37.2 Å². The van der Waals surface area contributed by atoms with Crippen molar-refractivity contribution in [2.75, 3.05) is 18.4 Å². The summed E-state index contributed by atoms with van der Waals surface area (Å²) in [4.78, 5) is 16.5. The minimum absolute atomic E-state index is 0.268. The van der Waals surface area contributed by atoms with Crippen molar-refractivity contribution in [1.29, 1.82) is 0 Å². The fraction of sp³-hybridized carbons (Fsp3) is 0.467. The molecule has 0 aliphatic carbocycles. The molecule has 0 saturated carbocycles. The molecule has 0 spiro atoms. The van der Waals surface area contributed by atoms with Gasteiger partial charge in [-0.2, -0.15) is 0 Å². The fourth-order valence-electron chi connectivity index (χ4n) is 2.73. The van der Waals surface area contributed by atoms with Crippen molar-refractivity contribution in [3.05, 3.63) is 35.3 Å². The van der Waals surface area contributed by atoms with Crippen LogP contribution in [0.4, 0.5) is 5.82 Å². The van der Waals surface area contributed by atoms with Crippen LogP contribution in [0.5, 0.6) is 0 Å². The molecule has 2 aromatic rings. The molecule has 0 unspecified atom stereocenters. The van der Waals surface area contributed by atoms with Crippen LogP contribution in [-0.2, 0) is 0 Å². The molecule has 2 N–H and O–H groups in total. The molecule has 2 aromatic heterocycles. The molecular weight excluding hydrogens is 280 g/mol. The Labute approximate surface area is 129 Å². The highest BCUT2D eigenvalue weighted by Crippen LogP contribution is 2.20. The summed E-state index contributed by atoms with van der Waals surface area (Å²) in [5.74, 6) is 0.261. The highest BCUT2D eigenvalue weighted by Gasteiger charge is 2.23. The third kappa shape index (κ3) is 2.99. The molecule has 0 radical (unpaired) electrons. The zero-order valence-corrected chi connectivity index (χ0v) is 12.8. The molecule has 116 valence electrons. The van der Waals surface area contributed by atoms with E-state index < -0.39 is 0 Å². The number of rotatable bonds is 3. The Morgan fingerprint density at radius 2 is 2.14 bits per heavy atom. The molecular formula is C15H20N6O. The van der Waals surface area contributed by atoms with Gasteiger partial charge in [-0.15, -0.1) is 5.10 Å². The van der Waals surface area contributed by atoms with Crippen LogP contribution < -0.4 is 10.6 Å². The Kier molecular flexibility index (Phi) is 4.15. The number of piperidine rings is 1. The number of pyridine rings is 1. The molecule has 0 bridgehead atoms. The molecule has 0 aromatic carbocycles. The standard InChI is InChI=1S/C15H20N6O/c1-10-3-8-17-13(9-10)18-15(22)14-11(2)21(20-19-14)12-4-6-16-7-5-12/h3,8-9,12,16H,4-7H2,1-2H3,(H,17,18,22). The van der Waals surface area contributed by atoms with E-state index in [0.29, 0.717) is 17.6 Å². The van der Waals surface area contributed by atoms with Gasteiger partial charge < -0.3 is 10.6 Å². The van der Waals surface area contributed by atoms with Crippen molar-refractivity contribution in [1.82, 2.24) is 25.3 Å². The summed E-state index contributed by atoms with van der Waals surface area (Å²) in [6.45, 7) is 5.79. The molecule has 7 nitrogen and oxygen atoms in total. The zero-order chi connectivity index (χ0) is 15.5. The normalized spacial score (nSPS) is 15.7. The number of nitrogens with zero attached hydrogens (tertiary/aromatic N) is 4. The molecule has 0 atom stereocenters. The van der Waals surface area contributed by atoms with Gasteiger partial charge in [-0.05, 0) is 57.5 Å². The van der Waals surface area contributed by atoms with Crippen LogP contribution in [-0.4, -0.2) is 39.0 Å². The average molecular weight is 300 g/mol. The third-order valence-electron chi connectivity index (χ3n) is 3.95. The van der Waals surface area contributed by atoms with Gasteiger partial charge in [0, 0.05) is 6.20 Å². The summed E-state index contributed by atoms with van der Waals surface area (Å²) in [5, 5.41) is 14.3. The second kappa shape index (κ2) is 6.23. The second-order valence-corrected chi connectivity index (χ2v) is 5.62. The molecule has 1 aliphatic heterocycles. The van der Waals surface area contributed by atoms with Crippen molar-refractivity contribution < 1.29 is 4.79 Å². The van der Waals surface area contributed by atoms with Crippen LogP contribution in [0.3, 0.4) is 0 Å². The Hall–Kier alpha value is -2.28. The third-order valence-corrected chi connectivity index (χ3v) is 3.95. The minimum atomic E-state index is -0.268. The van der Waals surface area contributed by atoms with Crippen LogP contribution in [0, 0.1) is 13.8 Å². The van der Waals surface area contributed by atoms with E-state index in [4.69, 9.17) is 0 Å². The van der Waals surface area contributed by atoms with Crippen molar-refractivity contribution in [3.8, 4) is 0 Å². The van der Waals surface area contributed by atoms with Gasteiger partial charge in [-0.25, -0.2) is 9.67 Å². The maximum atomic E-state index is 12.4. The molecule has 3 heterocycles. The lowest BCUT2D eigenvalue weighted by atomic mass is 10.1. The molecule has 1 fully saturated rings. The van der Waals surface area contributed by atoms with E-state index in [1.54, 1.807) is 6.20 Å². The SMILES string of the molecule is Cc1ccnc(NC(=O)c2nnn(C3CCNCC3)c2C)c1. The van der Waals surface area contributed by atoms with E-state index in [1.165, 1.54) is 0 Å². The summed E-state index contributed by atoms with van der Waals surface area (Å²) < 4.78 is 1.87. The van der Waals surface area contributed by atoms with Gasteiger partial charge in [0.15, 0.2) is 5.69 Å². The van der Waals surface area contributed by atoms with E-state index >= 15 is 0 Å². The molecule has 3 rings (SSSR count). The molecule has 1 saturated heterocycles. The van der Waals surface area contributed by atoms with Crippen molar-refractivity contribution >= 4 is 11.7 Å². The van der Waals surface area contributed by atoms with Gasteiger partial charge in [0.25, 0.3) is 5.91 Å². The number of hydrogen-bond donors (Lipinski definition) is 2. The zero-order valence-electron chi connectivity index (χ0n) is 12.8. The monoisotopic (exact) mass is 300 g/mol. The average Bonchev–Trinajstić information content (AvgIpc) is 2.90. The minimum Gasteiger partial charge on any atom is -0.317 e. The summed E-state index contributed by atoms with van der Waals surface area (Å²) in [6.07, 6.45) is 3.68. The summed E-state index contributed by atoms with van der Waals surface area (Å²) in [6, 6.07) is 4.02. The van der Waals surface area contributed by atoms with Crippen LogP contribution in [0.2, 0.25) is 0 Å². The lowest BCUT2D eigenvalue weighted by molar-refractivity contribution is 0.102. The maximum Gasteiger partial charge on any atom is 0.279 e. The second-order valence-electron chi connectivity index (χ2n) is 5.62. The van der Waals surface area contributed by atoms with Crippen molar-refractivity contribution in [2.24, 2.45) is 0 Å². The Bertz CT molecular complexity index is 674. The number of nitrogens with one attached hydrogen (secondary N) is 2. The van der Waals surface area contributed by atoms with Crippen LogP contribution in [0.25, 0.3) is 0 Å². The van der Waals surface area contributed by atoms with Crippen molar-refractivity contribution in [2.45, 2.75) is 32.7 Å². The highest BCUT2D eigenvalue weighted by molar-refractivity contribution is 6.03. The van der Waals surface area contributed by atoms with E-state index in [1.807, 2.05) is 30.7 Å². The summed E-state index contributed by atoms with van der Waals surface area (Å²) in [7, 11) is 0. The van der Waals surface area contributed by atoms with Gasteiger partial charge in [0.2, 0.25) is 0 Å².